The molecule has 0 bridgehead atoms. The van der Waals surface area contributed by atoms with Crippen molar-refractivity contribution in [2.45, 2.75) is 44.2 Å². The summed E-state index contributed by atoms with van der Waals surface area (Å²) in [5.74, 6) is -0.122. The van der Waals surface area contributed by atoms with Gasteiger partial charge in [-0.1, -0.05) is 18.2 Å². The Kier molecular flexibility index (Phi) is 3.59. The van der Waals surface area contributed by atoms with Gasteiger partial charge in [0.15, 0.2) is 0 Å². The molecule has 1 aromatic rings. The quantitative estimate of drug-likeness (QED) is 0.828. The summed E-state index contributed by atoms with van der Waals surface area (Å²) < 4.78 is 5.42. The number of carbonyl (C=O) groups excluding carboxylic acids is 2. The topological polar surface area (TPSA) is 78.9 Å². The van der Waals surface area contributed by atoms with E-state index in [1.54, 1.807) is 20.8 Å². The molecule has 1 fully saturated rings. The Hall–Kier alpha value is -2.08. The van der Waals surface area contributed by atoms with Gasteiger partial charge in [-0.05, 0) is 38.8 Å². The predicted octanol–water partition coefficient (Wildman–Crippen LogP) is 1.88. The highest BCUT2D eigenvalue weighted by molar-refractivity contribution is 6.07. The van der Waals surface area contributed by atoms with Crippen molar-refractivity contribution >= 4 is 17.7 Å². The molecule has 2 aliphatic heterocycles. The van der Waals surface area contributed by atoms with Gasteiger partial charge < -0.3 is 20.1 Å². The lowest BCUT2D eigenvalue weighted by Gasteiger charge is -2.28. The van der Waals surface area contributed by atoms with Crippen LogP contribution in [0, 0.1) is 0 Å². The first-order valence-electron chi connectivity index (χ1n) is 7.78. The average molecular weight is 318 g/mol. The summed E-state index contributed by atoms with van der Waals surface area (Å²) in [7, 11) is 0. The Morgan fingerprint density at radius 3 is 2.78 bits per heavy atom. The number of carbonyl (C=O) groups is 2. The molecule has 124 valence electrons. The number of hydrogen-bond acceptors (Lipinski definition) is 4. The largest absolute Gasteiger partial charge is 0.444 e. The van der Waals surface area contributed by atoms with Crippen molar-refractivity contribution in [3.05, 3.63) is 29.8 Å². The standard InChI is InChI=1S/C17H22N2O4/c1-16(2,3)23-15(22)19-10-17(8-11(19)9-20)12-6-4-5-7-13(12)18-14(17)21/h4-7,11,20H,8-10H2,1-3H3,(H,18,21)/t11-,17-/m0/s1. The molecule has 0 aliphatic carbocycles. The van der Waals surface area contributed by atoms with E-state index in [0.717, 1.165) is 11.3 Å². The van der Waals surface area contributed by atoms with Gasteiger partial charge >= 0.3 is 6.09 Å². The highest BCUT2D eigenvalue weighted by Gasteiger charge is 2.56. The Labute approximate surface area is 135 Å². The van der Waals surface area contributed by atoms with Gasteiger partial charge in [-0.15, -0.1) is 0 Å². The summed E-state index contributed by atoms with van der Waals surface area (Å²) in [5, 5.41) is 12.6. The fraction of sp³-hybridized carbons (Fsp3) is 0.529. The second-order valence-corrected chi connectivity index (χ2v) is 7.23. The van der Waals surface area contributed by atoms with Crippen LogP contribution in [0.3, 0.4) is 0 Å². The van der Waals surface area contributed by atoms with Crippen molar-refractivity contribution < 1.29 is 19.4 Å². The summed E-state index contributed by atoms with van der Waals surface area (Å²) >= 11 is 0. The molecule has 0 radical (unpaired) electrons. The van der Waals surface area contributed by atoms with Crippen molar-refractivity contribution in [3.8, 4) is 0 Å². The number of ether oxygens (including phenoxy) is 1. The number of para-hydroxylation sites is 1. The molecule has 0 aromatic heterocycles. The Morgan fingerprint density at radius 1 is 1.43 bits per heavy atom. The molecule has 1 saturated heterocycles. The maximum Gasteiger partial charge on any atom is 0.410 e. The second kappa shape index (κ2) is 5.23. The molecule has 2 amide bonds. The maximum atomic E-state index is 12.6. The van der Waals surface area contributed by atoms with Crippen LogP contribution in [0.2, 0.25) is 0 Å². The van der Waals surface area contributed by atoms with Gasteiger partial charge in [-0.2, -0.15) is 0 Å². The molecule has 23 heavy (non-hydrogen) atoms. The highest BCUT2D eigenvalue weighted by atomic mass is 16.6. The van der Waals surface area contributed by atoms with Crippen LogP contribution in [-0.2, 0) is 14.9 Å². The lowest BCUT2D eigenvalue weighted by molar-refractivity contribution is -0.120. The second-order valence-electron chi connectivity index (χ2n) is 7.23. The van der Waals surface area contributed by atoms with Crippen LogP contribution in [-0.4, -0.2) is 46.8 Å². The normalized spacial score (nSPS) is 26.3. The fourth-order valence-corrected chi connectivity index (χ4v) is 3.43. The lowest BCUT2D eigenvalue weighted by atomic mass is 9.79. The van der Waals surface area contributed by atoms with Crippen LogP contribution in [0.1, 0.15) is 32.8 Å². The zero-order valence-corrected chi connectivity index (χ0v) is 13.6. The van der Waals surface area contributed by atoms with Gasteiger partial charge in [0.25, 0.3) is 0 Å². The molecule has 0 unspecified atom stereocenters. The van der Waals surface area contributed by atoms with E-state index in [-0.39, 0.29) is 19.1 Å². The van der Waals surface area contributed by atoms with E-state index < -0.39 is 23.2 Å². The van der Waals surface area contributed by atoms with Crippen LogP contribution in [0.5, 0.6) is 0 Å². The minimum Gasteiger partial charge on any atom is -0.444 e. The Morgan fingerprint density at radius 2 is 2.13 bits per heavy atom. The number of nitrogens with zero attached hydrogens (tertiary/aromatic N) is 1. The fourth-order valence-electron chi connectivity index (χ4n) is 3.43. The highest BCUT2D eigenvalue weighted by Crippen LogP contribution is 2.46. The summed E-state index contributed by atoms with van der Waals surface area (Å²) in [6, 6.07) is 7.07. The Bertz CT molecular complexity index is 652. The summed E-state index contributed by atoms with van der Waals surface area (Å²) in [4.78, 5) is 26.5. The van der Waals surface area contributed by atoms with Crippen LogP contribution < -0.4 is 5.32 Å². The zero-order valence-electron chi connectivity index (χ0n) is 13.6. The minimum absolute atomic E-state index is 0.122. The maximum absolute atomic E-state index is 12.6. The van der Waals surface area contributed by atoms with E-state index in [0.29, 0.717) is 6.42 Å². The SMILES string of the molecule is CC(C)(C)OC(=O)N1C[C@]2(C[C@H]1CO)C(=O)Nc1ccccc12. The molecule has 6 heteroatoms. The molecule has 1 spiro atoms. The number of hydrogen-bond donors (Lipinski definition) is 2. The third-order valence-corrected chi connectivity index (χ3v) is 4.43. The van der Waals surface area contributed by atoms with Crippen molar-refractivity contribution in [2.24, 2.45) is 0 Å². The molecular formula is C17H22N2O4. The number of anilines is 1. The lowest BCUT2D eigenvalue weighted by Crippen LogP contribution is -2.43. The van der Waals surface area contributed by atoms with Crippen LogP contribution in [0.4, 0.5) is 10.5 Å². The third kappa shape index (κ3) is 2.57. The van der Waals surface area contributed by atoms with Gasteiger partial charge in [-0.25, -0.2) is 4.79 Å². The molecule has 2 aliphatic rings. The van der Waals surface area contributed by atoms with E-state index in [1.165, 1.54) is 4.90 Å². The monoisotopic (exact) mass is 318 g/mol. The molecule has 3 rings (SSSR count). The smallest absolute Gasteiger partial charge is 0.410 e. The first-order valence-corrected chi connectivity index (χ1v) is 7.78. The van der Waals surface area contributed by atoms with E-state index >= 15 is 0 Å². The Balaban J connectivity index is 1.93. The van der Waals surface area contributed by atoms with E-state index in [9.17, 15) is 14.7 Å². The van der Waals surface area contributed by atoms with Crippen LogP contribution >= 0.6 is 0 Å². The molecule has 0 saturated carbocycles. The van der Waals surface area contributed by atoms with Gasteiger partial charge in [0, 0.05) is 12.2 Å². The molecular weight excluding hydrogens is 296 g/mol. The number of aliphatic hydroxyl groups excluding tert-OH is 1. The van der Waals surface area contributed by atoms with E-state index in [4.69, 9.17) is 4.74 Å². The predicted molar refractivity (Wildman–Crippen MR) is 85.2 cm³/mol. The van der Waals surface area contributed by atoms with Gasteiger partial charge in [0.05, 0.1) is 18.1 Å². The van der Waals surface area contributed by atoms with E-state index in [2.05, 4.69) is 5.32 Å². The van der Waals surface area contributed by atoms with Crippen molar-refractivity contribution in [1.29, 1.82) is 0 Å². The molecule has 2 heterocycles. The van der Waals surface area contributed by atoms with Crippen molar-refractivity contribution in [2.75, 3.05) is 18.5 Å². The number of fused-ring (bicyclic) bond motifs is 2. The van der Waals surface area contributed by atoms with Crippen LogP contribution in [0.15, 0.2) is 24.3 Å². The molecule has 2 N–H and O–H groups in total. The van der Waals surface area contributed by atoms with Crippen molar-refractivity contribution in [1.82, 2.24) is 4.90 Å². The van der Waals surface area contributed by atoms with Crippen LogP contribution in [0.25, 0.3) is 0 Å². The van der Waals surface area contributed by atoms with Gasteiger partial charge in [-0.3, -0.25) is 4.79 Å². The first kappa shape index (κ1) is 15.8. The molecule has 1 aromatic carbocycles. The van der Waals surface area contributed by atoms with Gasteiger partial charge in [0.2, 0.25) is 5.91 Å². The number of benzene rings is 1. The van der Waals surface area contributed by atoms with E-state index in [1.807, 2.05) is 24.3 Å². The van der Waals surface area contributed by atoms with Crippen molar-refractivity contribution in [3.63, 3.8) is 0 Å². The number of aliphatic hydroxyl groups is 1. The first-order chi connectivity index (χ1) is 10.8. The zero-order chi connectivity index (χ0) is 16.8. The molecule has 6 nitrogen and oxygen atoms in total. The number of likely N-dealkylation sites (tertiary alicyclic amines) is 1. The van der Waals surface area contributed by atoms with Gasteiger partial charge in [0.1, 0.15) is 5.60 Å². The number of amides is 2. The third-order valence-electron chi connectivity index (χ3n) is 4.43. The number of nitrogens with one attached hydrogen (secondary N) is 1. The summed E-state index contributed by atoms with van der Waals surface area (Å²) in [6.45, 7) is 5.40. The minimum atomic E-state index is -0.805. The average Bonchev–Trinajstić information content (AvgIpc) is 2.98. The number of rotatable bonds is 1. The molecule has 2 atom stereocenters. The summed E-state index contributed by atoms with van der Waals surface area (Å²) in [5.41, 5.74) is 0.235. The summed E-state index contributed by atoms with van der Waals surface area (Å²) in [6.07, 6.45) is -0.100.